The molecule has 0 aromatic heterocycles. The number of guanidine groups is 1. The van der Waals surface area contributed by atoms with Crippen molar-refractivity contribution in [2.75, 3.05) is 53.6 Å². The molecule has 0 bridgehead atoms. The molecule has 2 aliphatic heterocycles. The van der Waals surface area contributed by atoms with Gasteiger partial charge in [0, 0.05) is 45.8 Å². The number of hydrogen-bond acceptors (Lipinski definition) is 4. The van der Waals surface area contributed by atoms with E-state index in [4.69, 9.17) is 9.47 Å². The van der Waals surface area contributed by atoms with Crippen molar-refractivity contribution < 1.29 is 9.47 Å². The lowest BCUT2D eigenvalue weighted by atomic mass is 10.2. The van der Waals surface area contributed by atoms with Gasteiger partial charge in [0.2, 0.25) is 0 Å². The van der Waals surface area contributed by atoms with E-state index in [1.165, 1.54) is 12.0 Å². The van der Waals surface area contributed by atoms with Crippen LogP contribution in [0.2, 0.25) is 0 Å². The second-order valence-corrected chi connectivity index (χ2v) is 7.26. The molecule has 1 aromatic rings. The summed E-state index contributed by atoms with van der Waals surface area (Å²) < 4.78 is 11.7. The zero-order chi connectivity index (χ0) is 17.6. The van der Waals surface area contributed by atoms with E-state index in [9.17, 15) is 0 Å². The summed E-state index contributed by atoms with van der Waals surface area (Å²) in [6.07, 6.45) is 1.19. The largest absolute Gasteiger partial charge is 0.496 e. The summed E-state index contributed by atoms with van der Waals surface area (Å²) >= 11 is 3.54. The predicted molar refractivity (Wildman–Crippen MR) is 103 cm³/mol. The molecule has 1 N–H and O–H groups in total. The summed E-state index contributed by atoms with van der Waals surface area (Å²) in [6.45, 7) is 6.63. The van der Waals surface area contributed by atoms with Gasteiger partial charge in [-0.15, -0.1) is 0 Å². The van der Waals surface area contributed by atoms with E-state index in [1.807, 2.05) is 13.1 Å². The van der Waals surface area contributed by atoms with E-state index in [1.54, 1.807) is 7.11 Å². The number of benzene rings is 1. The van der Waals surface area contributed by atoms with E-state index >= 15 is 0 Å². The van der Waals surface area contributed by atoms with Crippen LogP contribution in [-0.2, 0) is 11.3 Å². The van der Waals surface area contributed by atoms with E-state index in [2.05, 4.69) is 48.2 Å². The molecule has 2 heterocycles. The van der Waals surface area contributed by atoms with Crippen molar-refractivity contribution >= 4 is 21.9 Å². The van der Waals surface area contributed by atoms with Crippen LogP contribution in [0.3, 0.4) is 0 Å². The molecule has 7 heteroatoms. The Bertz CT molecular complexity index is 605. The van der Waals surface area contributed by atoms with Crippen molar-refractivity contribution in [2.45, 2.75) is 19.0 Å². The molecule has 1 aromatic carbocycles. The number of nitrogens with one attached hydrogen (secondary N) is 1. The molecule has 1 unspecified atom stereocenters. The highest BCUT2D eigenvalue weighted by atomic mass is 79.9. The Hall–Kier alpha value is -1.31. The fourth-order valence-corrected chi connectivity index (χ4v) is 4.10. The minimum atomic E-state index is 0.609. The molecule has 0 amide bonds. The predicted octanol–water partition coefficient (Wildman–Crippen LogP) is 1.94. The number of halogens is 1. The van der Waals surface area contributed by atoms with Crippen molar-refractivity contribution in [3.8, 4) is 5.75 Å². The number of hydrogen-bond donors (Lipinski definition) is 1. The van der Waals surface area contributed by atoms with Crippen LogP contribution in [0.1, 0.15) is 12.0 Å². The van der Waals surface area contributed by atoms with Gasteiger partial charge >= 0.3 is 0 Å². The van der Waals surface area contributed by atoms with E-state index < -0.39 is 0 Å². The van der Waals surface area contributed by atoms with Crippen molar-refractivity contribution in [3.63, 3.8) is 0 Å². The van der Waals surface area contributed by atoms with Crippen LogP contribution in [0, 0.1) is 0 Å². The molecule has 2 saturated heterocycles. The number of nitrogens with zero attached hydrogens (tertiary/aromatic N) is 3. The highest BCUT2D eigenvalue weighted by Gasteiger charge is 2.30. The van der Waals surface area contributed by atoms with Gasteiger partial charge in [-0.25, -0.2) is 0 Å². The van der Waals surface area contributed by atoms with Gasteiger partial charge in [0.25, 0.3) is 0 Å². The van der Waals surface area contributed by atoms with Gasteiger partial charge < -0.3 is 19.7 Å². The summed E-state index contributed by atoms with van der Waals surface area (Å²) in [6, 6.07) is 6.75. The number of methoxy groups -OCH3 is 1. The third kappa shape index (κ3) is 4.65. The minimum Gasteiger partial charge on any atom is -0.496 e. The maximum Gasteiger partial charge on any atom is 0.193 e. The van der Waals surface area contributed by atoms with Crippen LogP contribution in [0.25, 0.3) is 0 Å². The highest BCUT2D eigenvalue weighted by molar-refractivity contribution is 9.10. The molecular weight excluding hydrogens is 384 g/mol. The average molecular weight is 411 g/mol. The number of ether oxygens (including phenoxy) is 2. The maximum atomic E-state index is 5.46. The van der Waals surface area contributed by atoms with Crippen LogP contribution in [0.15, 0.2) is 27.7 Å². The molecule has 0 aliphatic carbocycles. The lowest BCUT2D eigenvalue weighted by molar-refractivity contribution is 0.0195. The average Bonchev–Trinajstić information content (AvgIpc) is 3.13. The Balaban J connectivity index is 1.53. The first-order chi connectivity index (χ1) is 12.2. The Morgan fingerprint density at radius 3 is 2.84 bits per heavy atom. The maximum absolute atomic E-state index is 5.46. The molecule has 6 nitrogen and oxygen atoms in total. The van der Waals surface area contributed by atoms with Crippen molar-refractivity contribution in [3.05, 3.63) is 28.2 Å². The van der Waals surface area contributed by atoms with E-state index in [0.29, 0.717) is 6.04 Å². The first-order valence-corrected chi connectivity index (χ1v) is 9.60. The molecular formula is C18H27BrN4O2. The first-order valence-electron chi connectivity index (χ1n) is 8.81. The van der Waals surface area contributed by atoms with Gasteiger partial charge in [0.05, 0.1) is 24.8 Å². The van der Waals surface area contributed by atoms with Gasteiger partial charge in [0.15, 0.2) is 5.96 Å². The Morgan fingerprint density at radius 2 is 2.16 bits per heavy atom. The molecule has 2 fully saturated rings. The Labute approximate surface area is 158 Å². The molecule has 25 heavy (non-hydrogen) atoms. The second-order valence-electron chi connectivity index (χ2n) is 6.41. The third-order valence-corrected chi connectivity index (χ3v) is 5.52. The smallest absolute Gasteiger partial charge is 0.193 e. The van der Waals surface area contributed by atoms with Gasteiger partial charge in [-0.3, -0.25) is 9.89 Å². The summed E-state index contributed by atoms with van der Waals surface area (Å²) in [7, 11) is 3.53. The normalized spacial score (nSPS) is 22.3. The topological polar surface area (TPSA) is 49.3 Å². The highest BCUT2D eigenvalue weighted by Crippen LogP contribution is 2.25. The summed E-state index contributed by atoms with van der Waals surface area (Å²) in [5.74, 6) is 1.82. The molecule has 3 rings (SSSR count). The van der Waals surface area contributed by atoms with Crippen molar-refractivity contribution in [1.29, 1.82) is 0 Å². The summed E-state index contributed by atoms with van der Waals surface area (Å²) in [5.41, 5.74) is 1.19. The zero-order valence-electron chi connectivity index (χ0n) is 15.0. The monoisotopic (exact) mass is 410 g/mol. The third-order valence-electron chi connectivity index (χ3n) is 4.90. The number of morpholine rings is 1. The molecule has 1 atom stereocenters. The van der Waals surface area contributed by atoms with Crippen molar-refractivity contribution in [1.82, 2.24) is 15.1 Å². The van der Waals surface area contributed by atoms with Crippen LogP contribution < -0.4 is 10.1 Å². The standard InChI is InChI=1S/C18H27BrN4O2/c1-20-18(21-12-14-3-4-17(24-2)16(19)11-14)23-6-5-15(13-23)22-7-9-25-10-8-22/h3-4,11,15H,5-10,12-13H2,1-2H3,(H,20,21). The summed E-state index contributed by atoms with van der Waals surface area (Å²) in [5, 5.41) is 3.49. The summed E-state index contributed by atoms with van der Waals surface area (Å²) in [4.78, 5) is 9.39. The van der Waals surface area contributed by atoms with Crippen LogP contribution >= 0.6 is 15.9 Å². The fraction of sp³-hybridized carbons (Fsp3) is 0.611. The molecule has 0 saturated carbocycles. The molecule has 0 spiro atoms. The molecule has 0 radical (unpaired) electrons. The van der Waals surface area contributed by atoms with Gasteiger partial charge in [-0.05, 0) is 40.0 Å². The van der Waals surface area contributed by atoms with E-state index in [-0.39, 0.29) is 0 Å². The SMILES string of the molecule is CN=C(NCc1ccc(OC)c(Br)c1)N1CCC(N2CCOCC2)C1. The number of likely N-dealkylation sites (tertiary alicyclic amines) is 1. The quantitative estimate of drug-likeness (QED) is 0.606. The van der Waals surface area contributed by atoms with Crippen LogP contribution in [-0.4, -0.2) is 75.4 Å². The lowest BCUT2D eigenvalue weighted by Gasteiger charge is -2.32. The van der Waals surface area contributed by atoms with Gasteiger partial charge in [-0.2, -0.15) is 0 Å². The van der Waals surface area contributed by atoms with E-state index in [0.717, 1.165) is 62.1 Å². The molecule has 2 aliphatic rings. The first kappa shape index (κ1) is 18.5. The van der Waals surface area contributed by atoms with Crippen LogP contribution in [0.4, 0.5) is 0 Å². The van der Waals surface area contributed by atoms with Gasteiger partial charge in [0.1, 0.15) is 5.75 Å². The van der Waals surface area contributed by atoms with Gasteiger partial charge in [-0.1, -0.05) is 6.07 Å². The Morgan fingerprint density at radius 1 is 1.36 bits per heavy atom. The van der Waals surface area contributed by atoms with Crippen LogP contribution in [0.5, 0.6) is 5.75 Å². The zero-order valence-corrected chi connectivity index (χ0v) is 16.6. The number of rotatable bonds is 4. The molecule has 138 valence electrons. The lowest BCUT2D eigenvalue weighted by Crippen LogP contribution is -2.46. The van der Waals surface area contributed by atoms with Crippen molar-refractivity contribution in [2.24, 2.45) is 4.99 Å². The Kier molecular flexibility index (Phi) is 6.56. The minimum absolute atomic E-state index is 0.609. The fourth-order valence-electron chi connectivity index (χ4n) is 3.51. The second kappa shape index (κ2) is 8.87. The number of aliphatic imine (C=N–C) groups is 1.